The van der Waals surface area contributed by atoms with E-state index < -0.39 is 5.72 Å². The van der Waals surface area contributed by atoms with Gasteiger partial charge >= 0.3 is 0 Å². The highest BCUT2D eigenvalue weighted by molar-refractivity contribution is 6.02. The minimum Gasteiger partial charge on any atom is -0.508 e. The summed E-state index contributed by atoms with van der Waals surface area (Å²) in [5, 5.41) is 17.0. The van der Waals surface area contributed by atoms with Crippen molar-refractivity contribution in [1.29, 1.82) is 0 Å². The smallest absolute Gasteiger partial charge is 0.219 e. The van der Waals surface area contributed by atoms with Crippen LogP contribution in [-0.2, 0) is 4.79 Å². The Balaban J connectivity index is 1.54. The van der Waals surface area contributed by atoms with Crippen LogP contribution in [0.1, 0.15) is 43.4 Å². The second kappa shape index (κ2) is 6.26. The van der Waals surface area contributed by atoms with Crippen molar-refractivity contribution >= 4 is 11.6 Å². The molecule has 3 heterocycles. The number of hydrazone groups is 1. The number of fused-ring (bicyclic) bond motifs is 4. The molecule has 2 aromatic rings. The molecule has 6 heteroatoms. The van der Waals surface area contributed by atoms with Gasteiger partial charge in [-0.3, -0.25) is 4.79 Å². The quantitative estimate of drug-likeness (QED) is 0.828. The maximum absolute atomic E-state index is 11.8. The van der Waals surface area contributed by atoms with E-state index >= 15 is 0 Å². The first-order chi connectivity index (χ1) is 13.6. The van der Waals surface area contributed by atoms with E-state index in [4.69, 9.17) is 9.84 Å². The lowest BCUT2D eigenvalue weighted by Crippen LogP contribution is -2.59. The van der Waals surface area contributed by atoms with Crippen LogP contribution >= 0.6 is 0 Å². The van der Waals surface area contributed by atoms with Gasteiger partial charge in [-0.25, -0.2) is 5.01 Å². The van der Waals surface area contributed by atoms with Crippen LogP contribution in [0.5, 0.6) is 11.5 Å². The van der Waals surface area contributed by atoms with Crippen LogP contribution in [0.2, 0.25) is 0 Å². The van der Waals surface area contributed by atoms with E-state index in [9.17, 15) is 9.90 Å². The number of benzene rings is 2. The molecular formula is C22H23N3O3. The molecule has 1 unspecified atom stereocenters. The fourth-order valence-corrected chi connectivity index (χ4v) is 4.59. The Morgan fingerprint density at radius 3 is 2.71 bits per heavy atom. The van der Waals surface area contributed by atoms with Gasteiger partial charge in [0.05, 0.1) is 11.8 Å². The average molecular weight is 377 g/mol. The van der Waals surface area contributed by atoms with Gasteiger partial charge in [-0.2, -0.15) is 5.10 Å². The van der Waals surface area contributed by atoms with E-state index in [1.54, 1.807) is 19.1 Å². The third kappa shape index (κ3) is 2.63. The van der Waals surface area contributed by atoms with Crippen molar-refractivity contribution in [3.05, 3.63) is 59.7 Å². The molecule has 5 rings (SSSR count). The van der Waals surface area contributed by atoms with Gasteiger partial charge < -0.3 is 14.7 Å². The molecule has 0 saturated carbocycles. The zero-order valence-corrected chi connectivity index (χ0v) is 15.8. The van der Waals surface area contributed by atoms with Crippen LogP contribution in [0.15, 0.2) is 53.6 Å². The zero-order valence-electron chi connectivity index (χ0n) is 15.8. The van der Waals surface area contributed by atoms with E-state index in [1.807, 2.05) is 35.2 Å². The van der Waals surface area contributed by atoms with Gasteiger partial charge in [0.15, 0.2) is 0 Å². The second-order valence-electron chi connectivity index (χ2n) is 7.75. The number of phenolic OH excluding ortho intramolecular Hbond substituents is 1. The standard InChI is InChI=1S/C22H23N3O3/c1-15(26)24-11-9-22(10-12-24)25-20(18-7-2-3-8-21(18)28-22)14-19(23-25)16-5-4-6-17(27)13-16/h2-8,13,20,27H,9-12,14H2,1H3. The van der Waals surface area contributed by atoms with Crippen molar-refractivity contribution in [3.8, 4) is 11.5 Å². The lowest BCUT2D eigenvalue weighted by atomic mass is 9.90. The Kier molecular flexibility index (Phi) is 3.82. The van der Waals surface area contributed by atoms with Crippen LogP contribution in [0.4, 0.5) is 0 Å². The molecule has 1 fully saturated rings. The number of nitrogens with zero attached hydrogens (tertiary/aromatic N) is 3. The van der Waals surface area contributed by atoms with Gasteiger partial charge in [0, 0.05) is 50.4 Å². The summed E-state index contributed by atoms with van der Waals surface area (Å²) in [6, 6.07) is 15.5. The number of likely N-dealkylation sites (tertiary alicyclic amines) is 1. The van der Waals surface area contributed by atoms with E-state index in [-0.39, 0.29) is 17.7 Å². The highest BCUT2D eigenvalue weighted by atomic mass is 16.5. The van der Waals surface area contributed by atoms with E-state index in [0.29, 0.717) is 25.9 Å². The fraction of sp³-hybridized carbons (Fsp3) is 0.364. The molecule has 1 atom stereocenters. The number of rotatable bonds is 1. The number of amides is 1. The monoisotopic (exact) mass is 377 g/mol. The number of phenols is 1. The Hall–Kier alpha value is -3.02. The molecule has 0 bridgehead atoms. The van der Waals surface area contributed by atoms with Crippen molar-refractivity contribution in [3.63, 3.8) is 0 Å². The highest BCUT2D eigenvalue weighted by Gasteiger charge is 2.52. The highest BCUT2D eigenvalue weighted by Crippen LogP contribution is 2.49. The van der Waals surface area contributed by atoms with Crippen LogP contribution < -0.4 is 4.74 Å². The van der Waals surface area contributed by atoms with Crippen LogP contribution in [0.25, 0.3) is 0 Å². The molecule has 3 aliphatic heterocycles. The zero-order chi connectivity index (χ0) is 19.3. The molecule has 6 nitrogen and oxygen atoms in total. The van der Waals surface area contributed by atoms with Crippen molar-refractivity contribution in [2.45, 2.75) is 38.0 Å². The first kappa shape index (κ1) is 17.1. The largest absolute Gasteiger partial charge is 0.508 e. The summed E-state index contributed by atoms with van der Waals surface area (Å²) in [5.41, 5.74) is 2.49. The fourth-order valence-electron chi connectivity index (χ4n) is 4.59. The van der Waals surface area contributed by atoms with Crippen LogP contribution in [0, 0.1) is 0 Å². The van der Waals surface area contributed by atoms with E-state index in [1.165, 1.54) is 0 Å². The molecule has 28 heavy (non-hydrogen) atoms. The molecule has 2 aromatic carbocycles. The summed E-state index contributed by atoms with van der Waals surface area (Å²) in [7, 11) is 0. The van der Waals surface area contributed by atoms with E-state index in [2.05, 4.69) is 11.1 Å². The third-order valence-corrected chi connectivity index (χ3v) is 6.08. The first-order valence-electron chi connectivity index (χ1n) is 9.75. The molecule has 0 aliphatic carbocycles. The molecular weight excluding hydrogens is 354 g/mol. The maximum Gasteiger partial charge on any atom is 0.219 e. The van der Waals surface area contributed by atoms with Gasteiger partial charge in [-0.1, -0.05) is 30.3 Å². The first-order valence-corrected chi connectivity index (χ1v) is 9.75. The number of hydrogen-bond donors (Lipinski definition) is 1. The van der Waals surface area contributed by atoms with Gasteiger partial charge in [-0.05, 0) is 18.2 Å². The lowest BCUT2D eigenvalue weighted by Gasteiger charge is -2.51. The average Bonchev–Trinajstić information content (AvgIpc) is 3.15. The molecule has 0 aromatic heterocycles. The van der Waals surface area contributed by atoms with Gasteiger partial charge in [0.25, 0.3) is 0 Å². The minimum absolute atomic E-state index is 0.103. The normalized spacial score (nSPS) is 22.3. The summed E-state index contributed by atoms with van der Waals surface area (Å²) in [6.45, 7) is 2.95. The molecule has 3 aliphatic rings. The van der Waals surface area contributed by atoms with Crippen molar-refractivity contribution in [1.82, 2.24) is 9.91 Å². The van der Waals surface area contributed by atoms with Crippen molar-refractivity contribution in [2.24, 2.45) is 5.10 Å². The SMILES string of the molecule is CC(=O)N1CCC2(CC1)Oc1ccccc1C1CC(c3cccc(O)c3)=NN12. The maximum atomic E-state index is 11.8. The number of carbonyl (C=O) groups excluding carboxylic acids is 1. The minimum atomic E-state index is -0.538. The summed E-state index contributed by atoms with van der Waals surface area (Å²) in [5.74, 6) is 1.26. The number of carbonyl (C=O) groups is 1. The topological polar surface area (TPSA) is 65.4 Å². The Morgan fingerprint density at radius 2 is 1.96 bits per heavy atom. The molecule has 0 radical (unpaired) electrons. The van der Waals surface area contributed by atoms with Gasteiger partial charge in [-0.15, -0.1) is 0 Å². The summed E-state index contributed by atoms with van der Waals surface area (Å²) < 4.78 is 6.54. The molecule has 1 saturated heterocycles. The predicted octanol–water partition coefficient (Wildman–Crippen LogP) is 3.27. The summed E-state index contributed by atoms with van der Waals surface area (Å²) in [4.78, 5) is 13.7. The van der Waals surface area contributed by atoms with Crippen molar-refractivity contribution in [2.75, 3.05) is 13.1 Å². The second-order valence-corrected chi connectivity index (χ2v) is 7.75. The Morgan fingerprint density at radius 1 is 1.18 bits per heavy atom. The molecule has 1 spiro atoms. The number of piperidine rings is 1. The third-order valence-electron chi connectivity index (χ3n) is 6.08. The molecule has 1 N–H and O–H groups in total. The summed E-state index contributed by atoms with van der Waals surface area (Å²) in [6.07, 6.45) is 2.20. The number of hydrogen-bond acceptors (Lipinski definition) is 5. The Labute approximate surface area is 164 Å². The summed E-state index contributed by atoms with van der Waals surface area (Å²) >= 11 is 0. The van der Waals surface area contributed by atoms with Crippen LogP contribution in [0.3, 0.4) is 0 Å². The number of para-hydroxylation sites is 1. The number of aromatic hydroxyl groups is 1. The predicted molar refractivity (Wildman–Crippen MR) is 105 cm³/mol. The van der Waals surface area contributed by atoms with Gasteiger partial charge in [0.1, 0.15) is 11.5 Å². The Bertz CT molecular complexity index is 963. The lowest BCUT2D eigenvalue weighted by molar-refractivity contribution is -0.158. The molecule has 1 amide bonds. The number of ether oxygens (including phenoxy) is 1. The van der Waals surface area contributed by atoms with Gasteiger partial charge in [0.2, 0.25) is 11.6 Å². The molecule has 144 valence electrons. The van der Waals surface area contributed by atoms with E-state index in [0.717, 1.165) is 29.0 Å². The van der Waals surface area contributed by atoms with Crippen molar-refractivity contribution < 1.29 is 14.6 Å². The van der Waals surface area contributed by atoms with Crippen LogP contribution in [-0.4, -0.2) is 45.4 Å².